The summed E-state index contributed by atoms with van der Waals surface area (Å²) in [6, 6.07) is 4.97. The second-order valence-corrected chi connectivity index (χ2v) is 6.51. The second kappa shape index (κ2) is 5.42. The van der Waals surface area contributed by atoms with Gasteiger partial charge in [0.2, 0.25) is 5.95 Å². The van der Waals surface area contributed by atoms with Gasteiger partial charge in [-0.05, 0) is 25.2 Å². The van der Waals surface area contributed by atoms with Gasteiger partial charge in [0.1, 0.15) is 4.21 Å². The number of hydrogen-bond acceptors (Lipinski definition) is 6. The molecular formula is C10H12N4O2S2. The van der Waals surface area contributed by atoms with Crippen molar-refractivity contribution in [2.75, 3.05) is 11.8 Å². The van der Waals surface area contributed by atoms with Crippen molar-refractivity contribution in [2.45, 2.75) is 10.8 Å². The molecule has 0 spiro atoms. The minimum atomic E-state index is -3.60. The summed E-state index contributed by atoms with van der Waals surface area (Å²) in [5.74, 6) is 0.0704. The fourth-order valence-corrected chi connectivity index (χ4v) is 3.62. The van der Waals surface area contributed by atoms with Crippen LogP contribution in [-0.2, 0) is 16.6 Å². The summed E-state index contributed by atoms with van der Waals surface area (Å²) in [6.07, 6.45) is 2.96. The average molecular weight is 284 g/mol. The van der Waals surface area contributed by atoms with Gasteiger partial charge in [-0.15, -0.1) is 11.3 Å². The van der Waals surface area contributed by atoms with Gasteiger partial charge < -0.3 is 5.32 Å². The van der Waals surface area contributed by atoms with E-state index in [4.69, 9.17) is 0 Å². The van der Waals surface area contributed by atoms with Gasteiger partial charge in [0, 0.05) is 23.8 Å². The third-order valence-electron chi connectivity index (χ3n) is 2.04. The highest BCUT2D eigenvalue weighted by molar-refractivity contribution is 7.94. The van der Waals surface area contributed by atoms with Crippen molar-refractivity contribution >= 4 is 27.3 Å². The first-order chi connectivity index (χ1) is 8.62. The SMILES string of the molecule is CNCc1ccc(S(=O)(=O)Nc2ncccn2)s1. The first kappa shape index (κ1) is 12.9. The summed E-state index contributed by atoms with van der Waals surface area (Å²) in [5, 5.41) is 2.97. The number of thiophene rings is 1. The molecule has 0 saturated carbocycles. The van der Waals surface area contributed by atoms with Crippen LogP contribution in [-0.4, -0.2) is 25.4 Å². The number of nitrogens with zero attached hydrogens (tertiary/aromatic N) is 2. The Morgan fingerprint density at radius 3 is 2.67 bits per heavy atom. The molecule has 0 bridgehead atoms. The lowest BCUT2D eigenvalue weighted by atomic mass is 10.5. The quantitative estimate of drug-likeness (QED) is 0.857. The van der Waals surface area contributed by atoms with Gasteiger partial charge in [-0.3, -0.25) is 0 Å². The number of hydrogen-bond donors (Lipinski definition) is 2. The minimum absolute atomic E-state index is 0.0704. The number of rotatable bonds is 5. The van der Waals surface area contributed by atoms with Crippen molar-refractivity contribution in [1.82, 2.24) is 15.3 Å². The Morgan fingerprint density at radius 1 is 1.28 bits per heavy atom. The van der Waals surface area contributed by atoms with Crippen molar-refractivity contribution in [3.05, 3.63) is 35.5 Å². The molecule has 6 nitrogen and oxygen atoms in total. The van der Waals surface area contributed by atoms with Crippen LogP contribution in [0, 0.1) is 0 Å². The highest BCUT2D eigenvalue weighted by Gasteiger charge is 2.17. The Labute approximate surface area is 109 Å². The predicted octanol–water partition coefficient (Wildman–Crippen LogP) is 1.06. The maximum absolute atomic E-state index is 12.0. The van der Waals surface area contributed by atoms with Crippen LogP contribution in [0.3, 0.4) is 0 Å². The first-order valence-electron chi connectivity index (χ1n) is 5.15. The second-order valence-electron chi connectivity index (χ2n) is 3.43. The van der Waals surface area contributed by atoms with Gasteiger partial charge in [0.05, 0.1) is 0 Å². The van der Waals surface area contributed by atoms with E-state index in [9.17, 15) is 8.42 Å². The zero-order valence-electron chi connectivity index (χ0n) is 9.62. The van der Waals surface area contributed by atoms with Crippen molar-refractivity contribution in [2.24, 2.45) is 0 Å². The van der Waals surface area contributed by atoms with Crippen LogP contribution in [0.2, 0.25) is 0 Å². The summed E-state index contributed by atoms with van der Waals surface area (Å²) in [5.41, 5.74) is 0. The summed E-state index contributed by atoms with van der Waals surface area (Å²) >= 11 is 1.22. The molecule has 2 aromatic heterocycles. The molecule has 96 valence electrons. The Balaban J connectivity index is 2.20. The highest BCUT2D eigenvalue weighted by atomic mass is 32.2. The Kier molecular flexibility index (Phi) is 3.90. The molecule has 2 heterocycles. The van der Waals surface area contributed by atoms with E-state index in [0.29, 0.717) is 6.54 Å². The smallest absolute Gasteiger partial charge is 0.273 e. The summed E-state index contributed by atoms with van der Waals surface area (Å²) in [7, 11) is -1.79. The topological polar surface area (TPSA) is 84.0 Å². The molecule has 8 heteroatoms. The Hall–Kier alpha value is -1.51. The number of aromatic nitrogens is 2. The summed E-state index contributed by atoms with van der Waals surface area (Å²) in [6.45, 7) is 0.641. The molecule has 0 amide bonds. The van der Waals surface area contributed by atoms with E-state index >= 15 is 0 Å². The van der Waals surface area contributed by atoms with Gasteiger partial charge >= 0.3 is 0 Å². The van der Waals surface area contributed by atoms with Crippen LogP contribution in [0.4, 0.5) is 5.95 Å². The molecule has 2 N–H and O–H groups in total. The van der Waals surface area contributed by atoms with Crippen molar-refractivity contribution < 1.29 is 8.42 Å². The van der Waals surface area contributed by atoms with Crippen LogP contribution in [0.15, 0.2) is 34.8 Å². The highest BCUT2D eigenvalue weighted by Crippen LogP contribution is 2.22. The molecule has 0 aliphatic heterocycles. The maximum atomic E-state index is 12.0. The molecule has 0 aliphatic carbocycles. The zero-order chi connectivity index (χ0) is 13.0. The third-order valence-corrected chi connectivity index (χ3v) is 4.95. The number of anilines is 1. The lowest BCUT2D eigenvalue weighted by Crippen LogP contribution is -2.13. The zero-order valence-corrected chi connectivity index (χ0v) is 11.3. The average Bonchev–Trinajstić information content (AvgIpc) is 2.80. The molecular weight excluding hydrogens is 272 g/mol. The molecule has 0 fully saturated rings. The molecule has 2 aromatic rings. The van der Waals surface area contributed by atoms with Gasteiger partial charge in [0.25, 0.3) is 10.0 Å². The van der Waals surface area contributed by atoms with Gasteiger partial charge in [-0.25, -0.2) is 23.1 Å². The fraction of sp³-hybridized carbons (Fsp3) is 0.200. The lowest BCUT2D eigenvalue weighted by molar-refractivity contribution is 0.602. The van der Waals surface area contributed by atoms with E-state index in [-0.39, 0.29) is 10.2 Å². The predicted molar refractivity (Wildman–Crippen MR) is 69.9 cm³/mol. The number of nitrogens with one attached hydrogen (secondary N) is 2. The standard InChI is InChI=1S/C10H12N4O2S2/c1-11-7-8-3-4-9(17-8)18(15,16)14-10-12-5-2-6-13-10/h2-6,11H,7H2,1H3,(H,12,13,14). The molecule has 0 radical (unpaired) electrons. The summed E-state index contributed by atoms with van der Waals surface area (Å²) in [4.78, 5) is 8.60. The van der Waals surface area contributed by atoms with Crippen molar-refractivity contribution in [3.63, 3.8) is 0 Å². The van der Waals surface area contributed by atoms with Crippen molar-refractivity contribution in [1.29, 1.82) is 0 Å². The van der Waals surface area contributed by atoms with Gasteiger partial charge in [-0.2, -0.15) is 0 Å². The molecule has 0 atom stereocenters. The van der Waals surface area contributed by atoms with E-state index in [1.807, 2.05) is 7.05 Å². The lowest BCUT2D eigenvalue weighted by Gasteiger charge is -2.03. The van der Waals surface area contributed by atoms with Crippen LogP contribution in [0.5, 0.6) is 0 Å². The Bertz CT molecular complexity index is 610. The maximum Gasteiger partial charge on any atom is 0.273 e. The van der Waals surface area contributed by atoms with E-state index in [2.05, 4.69) is 20.0 Å². The van der Waals surface area contributed by atoms with Gasteiger partial charge in [0.15, 0.2) is 0 Å². The van der Waals surface area contributed by atoms with E-state index in [1.54, 1.807) is 18.2 Å². The van der Waals surface area contributed by atoms with Crippen molar-refractivity contribution in [3.8, 4) is 0 Å². The van der Waals surface area contributed by atoms with Crippen LogP contribution in [0.1, 0.15) is 4.88 Å². The van der Waals surface area contributed by atoms with Gasteiger partial charge in [-0.1, -0.05) is 0 Å². The molecule has 18 heavy (non-hydrogen) atoms. The number of sulfonamides is 1. The van der Waals surface area contributed by atoms with Crippen LogP contribution >= 0.6 is 11.3 Å². The van der Waals surface area contributed by atoms with E-state index in [0.717, 1.165) is 4.88 Å². The summed E-state index contributed by atoms with van der Waals surface area (Å²) < 4.78 is 26.6. The Morgan fingerprint density at radius 2 is 2.00 bits per heavy atom. The van der Waals surface area contributed by atoms with Crippen LogP contribution < -0.4 is 10.0 Å². The molecule has 0 aromatic carbocycles. The van der Waals surface area contributed by atoms with E-state index < -0.39 is 10.0 Å². The fourth-order valence-electron chi connectivity index (χ4n) is 1.29. The largest absolute Gasteiger partial charge is 0.315 e. The third kappa shape index (κ3) is 3.03. The van der Waals surface area contributed by atoms with Crippen LogP contribution in [0.25, 0.3) is 0 Å². The molecule has 0 unspecified atom stereocenters. The molecule has 0 saturated heterocycles. The normalized spacial score (nSPS) is 11.4. The molecule has 0 aliphatic rings. The van der Waals surface area contributed by atoms with E-state index in [1.165, 1.54) is 23.7 Å². The molecule has 2 rings (SSSR count). The first-order valence-corrected chi connectivity index (χ1v) is 7.45. The minimum Gasteiger partial charge on any atom is -0.315 e. The monoisotopic (exact) mass is 284 g/mol.